The molecule has 8 heteroatoms. The van der Waals surface area contributed by atoms with Crippen LogP contribution in [0.1, 0.15) is 35.3 Å². The Bertz CT molecular complexity index is 1030. The Morgan fingerprint density at radius 1 is 1.14 bits per heavy atom. The highest BCUT2D eigenvalue weighted by Gasteiger charge is 2.21. The average Bonchev–Trinajstić information content (AvgIpc) is 3.11. The van der Waals surface area contributed by atoms with E-state index >= 15 is 0 Å². The van der Waals surface area contributed by atoms with Crippen LogP contribution in [0.2, 0.25) is 0 Å². The van der Waals surface area contributed by atoms with Crippen LogP contribution in [0.3, 0.4) is 0 Å². The SMILES string of the molecule is CC(=O)c1ccccc1NC(=O)[C@@H](C)Sc1nnnn1-c1cc(C)ccc1C. The van der Waals surface area contributed by atoms with Crippen molar-refractivity contribution < 1.29 is 9.59 Å². The van der Waals surface area contributed by atoms with Gasteiger partial charge in [0, 0.05) is 5.56 Å². The zero-order chi connectivity index (χ0) is 20.3. The van der Waals surface area contributed by atoms with Gasteiger partial charge in [0.1, 0.15) is 0 Å². The molecule has 3 aromatic rings. The number of nitrogens with zero attached hydrogens (tertiary/aromatic N) is 4. The molecule has 1 aromatic heterocycles. The maximum atomic E-state index is 12.7. The van der Waals surface area contributed by atoms with Gasteiger partial charge in [-0.3, -0.25) is 9.59 Å². The normalized spacial score (nSPS) is 11.9. The minimum atomic E-state index is -0.463. The summed E-state index contributed by atoms with van der Waals surface area (Å²) < 4.78 is 1.64. The Balaban J connectivity index is 1.78. The van der Waals surface area contributed by atoms with Crippen molar-refractivity contribution in [3.63, 3.8) is 0 Å². The van der Waals surface area contributed by atoms with Crippen LogP contribution in [-0.2, 0) is 4.79 Å². The molecule has 0 aliphatic carbocycles. The number of para-hydroxylation sites is 1. The number of amides is 1. The number of carbonyl (C=O) groups is 2. The minimum absolute atomic E-state index is 0.102. The summed E-state index contributed by atoms with van der Waals surface area (Å²) in [6, 6.07) is 13.0. The van der Waals surface area contributed by atoms with Crippen molar-refractivity contribution in [2.24, 2.45) is 0 Å². The van der Waals surface area contributed by atoms with Gasteiger partial charge in [-0.05, 0) is 67.4 Å². The van der Waals surface area contributed by atoms with Crippen molar-refractivity contribution in [2.75, 3.05) is 5.32 Å². The van der Waals surface area contributed by atoms with E-state index in [1.54, 1.807) is 35.9 Å². The lowest BCUT2D eigenvalue weighted by Crippen LogP contribution is -2.24. The zero-order valence-electron chi connectivity index (χ0n) is 16.1. The van der Waals surface area contributed by atoms with Crippen LogP contribution < -0.4 is 5.32 Å². The maximum absolute atomic E-state index is 12.7. The second kappa shape index (κ2) is 8.35. The van der Waals surface area contributed by atoms with Gasteiger partial charge in [0.05, 0.1) is 16.6 Å². The molecule has 1 amide bonds. The van der Waals surface area contributed by atoms with E-state index in [1.165, 1.54) is 18.7 Å². The highest BCUT2D eigenvalue weighted by Crippen LogP contribution is 2.26. The number of nitrogens with one attached hydrogen (secondary N) is 1. The molecule has 0 aliphatic rings. The van der Waals surface area contributed by atoms with Crippen molar-refractivity contribution in [2.45, 2.75) is 38.1 Å². The van der Waals surface area contributed by atoms with E-state index < -0.39 is 5.25 Å². The third-order valence-electron chi connectivity index (χ3n) is 4.25. The Morgan fingerprint density at radius 3 is 2.64 bits per heavy atom. The smallest absolute Gasteiger partial charge is 0.237 e. The molecule has 0 aliphatic heterocycles. The predicted molar refractivity (Wildman–Crippen MR) is 109 cm³/mol. The molecule has 1 atom stereocenters. The van der Waals surface area contributed by atoms with Crippen molar-refractivity contribution in [3.8, 4) is 5.69 Å². The third kappa shape index (κ3) is 4.28. The van der Waals surface area contributed by atoms with Crippen molar-refractivity contribution in [1.82, 2.24) is 20.2 Å². The molecule has 1 N–H and O–H groups in total. The topological polar surface area (TPSA) is 89.8 Å². The average molecular weight is 395 g/mol. The molecule has 0 bridgehead atoms. The van der Waals surface area contributed by atoms with E-state index in [2.05, 4.69) is 20.8 Å². The molecular weight excluding hydrogens is 374 g/mol. The summed E-state index contributed by atoms with van der Waals surface area (Å²) in [7, 11) is 0. The molecular formula is C20H21N5O2S. The van der Waals surface area contributed by atoms with E-state index in [9.17, 15) is 9.59 Å². The number of ketones is 1. The van der Waals surface area contributed by atoms with Gasteiger partial charge in [-0.2, -0.15) is 4.68 Å². The fraction of sp³-hybridized carbons (Fsp3) is 0.250. The highest BCUT2D eigenvalue weighted by molar-refractivity contribution is 8.00. The summed E-state index contributed by atoms with van der Waals surface area (Å²) in [6.45, 7) is 7.24. The van der Waals surface area contributed by atoms with Crippen LogP contribution in [0.15, 0.2) is 47.6 Å². The number of aryl methyl sites for hydroxylation is 2. The summed E-state index contributed by atoms with van der Waals surface area (Å²) in [5.74, 6) is -0.329. The van der Waals surface area contributed by atoms with Gasteiger partial charge in [0.15, 0.2) is 5.78 Å². The molecule has 0 saturated carbocycles. The zero-order valence-corrected chi connectivity index (χ0v) is 16.9. The monoisotopic (exact) mass is 395 g/mol. The van der Waals surface area contributed by atoms with Gasteiger partial charge in [-0.25, -0.2) is 0 Å². The van der Waals surface area contributed by atoms with Crippen LogP contribution in [0.4, 0.5) is 5.69 Å². The largest absolute Gasteiger partial charge is 0.324 e. The van der Waals surface area contributed by atoms with Crippen LogP contribution in [-0.4, -0.2) is 37.1 Å². The number of anilines is 1. The number of hydrogen-bond donors (Lipinski definition) is 1. The minimum Gasteiger partial charge on any atom is -0.324 e. The quantitative estimate of drug-likeness (QED) is 0.507. The van der Waals surface area contributed by atoms with Crippen LogP contribution in [0.5, 0.6) is 0 Å². The lowest BCUT2D eigenvalue weighted by Gasteiger charge is -2.14. The Kier molecular flexibility index (Phi) is 5.89. The maximum Gasteiger partial charge on any atom is 0.237 e. The van der Waals surface area contributed by atoms with Crippen LogP contribution in [0.25, 0.3) is 5.69 Å². The first kappa shape index (κ1) is 19.8. The van der Waals surface area contributed by atoms with E-state index in [1.807, 2.05) is 32.0 Å². The van der Waals surface area contributed by atoms with Crippen LogP contribution in [0, 0.1) is 13.8 Å². The summed E-state index contributed by atoms with van der Waals surface area (Å²) in [5.41, 5.74) is 3.99. The number of aromatic nitrogens is 4. The first-order valence-corrected chi connectivity index (χ1v) is 9.68. The van der Waals surface area contributed by atoms with Gasteiger partial charge in [0.25, 0.3) is 0 Å². The van der Waals surface area contributed by atoms with E-state index in [0.29, 0.717) is 16.4 Å². The summed E-state index contributed by atoms with van der Waals surface area (Å²) in [6.07, 6.45) is 0. The Morgan fingerprint density at radius 2 is 1.89 bits per heavy atom. The van der Waals surface area contributed by atoms with Crippen molar-refractivity contribution >= 4 is 29.1 Å². The molecule has 2 aromatic carbocycles. The van der Waals surface area contributed by atoms with Crippen LogP contribution >= 0.6 is 11.8 Å². The Hall–Kier alpha value is -3.00. The number of tetrazole rings is 1. The number of benzene rings is 2. The molecule has 0 spiro atoms. The lowest BCUT2D eigenvalue weighted by atomic mass is 10.1. The summed E-state index contributed by atoms with van der Waals surface area (Å²) in [5, 5.41) is 14.8. The van der Waals surface area contributed by atoms with Gasteiger partial charge in [-0.1, -0.05) is 36.0 Å². The predicted octanol–water partition coefficient (Wildman–Crippen LogP) is 3.60. The van der Waals surface area contributed by atoms with Gasteiger partial charge < -0.3 is 5.32 Å². The van der Waals surface area contributed by atoms with Gasteiger partial charge in [-0.15, -0.1) is 5.10 Å². The first-order chi connectivity index (χ1) is 13.4. The fourth-order valence-corrected chi connectivity index (χ4v) is 3.50. The van der Waals surface area contributed by atoms with E-state index in [0.717, 1.165) is 16.8 Å². The van der Waals surface area contributed by atoms with E-state index in [4.69, 9.17) is 0 Å². The summed E-state index contributed by atoms with van der Waals surface area (Å²) >= 11 is 1.26. The Labute approximate surface area is 167 Å². The number of rotatable bonds is 6. The molecule has 0 unspecified atom stereocenters. The standard InChI is InChI=1S/C20H21N5O2S/c1-12-9-10-13(2)18(11-12)25-20(22-23-24-25)28-15(4)19(27)21-17-8-6-5-7-16(17)14(3)26/h5-11,15H,1-4H3,(H,21,27)/t15-/m1/s1. The summed E-state index contributed by atoms with van der Waals surface area (Å²) in [4.78, 5) is 24.4. The number of Topliss-reactive ketones (excluding diaryl/α,β-unsaturated/α-hetero) is 1. The van der Waals surface area contributed by atoms with Gasteiger partial charge in [0.2, 0.25) is 11.1 Å². The van der Waals surface area contributed by atoms with E-state index in [-0.39, 0.29) is 11.7 Å². The second-order valence-corrected chi connectivity index (χ2v) is 7.82. The molecule has 28 heavy (non-hydrogen) atoms. The first-order valence-electron chi connectivity index (χ1n) is 8.80. The number of carbonyl (C=O) groups excluding carboxylic acids is 2. The molecule has 0 radical (unpaired) electrons. The molecule has 144 valence electrons. The molecule has 0 fully saturated rings. The number of hydrogen-bond acceptors (Lipinski definition) is 6. The fourth-order valence-electron chi connectivity index (χ4n) is 2.70. The molecule has 3 rings (SSSR count). The lowest BCUT2D eigenvalue weighted by molar-refractivity contribution is -0.115. The molecule has 1 heterocycles. The third-order valence-corrected chi connectivity index (χ3v) is 5.28. The van der Waals surface area contributed by atoms with Gasteiger partial charge >= 0.3 is 0 Å². The molecule has 0 saturated heterocycles. The highest BCUT2D eigenvalue weighted by atomic mass is 32.2. The molecule has 7 nitrogen and oxygen atoms in total. The second-order valence-electron chi connectivity index (χ2n) is 6.51. The number of thioether (sulfide) groups is 1. The van der Waals surface area contributed by atoms with Crippen molar-refractivity contribution in [3.05, 3.63) is 59.2 Å². The van der Waals surface area contributed by atoms with Crippen molar-refractivity contribution in [1.29, 1.82) is 0 Å².